The standard InChI is InChI=1S/C14H11ClN2O2/c1-7-3-4-8-9(6-16-10(8)5-7)11-12(15)14(19)17(2)13(11)18/h3-6,16H,1-2H3. The maximum Gasteiger partial charge on any atom is 0.272 e. The number of hydrogen-bond acceptors (Lipinski definition) is 2. The van der Waals surface area contributed by atoms with Crippen LogP contribution in [-0.2, 0) is 9.59 Å². The van der Waals surface area contributed by atoms with Crippen LogP contribution in [0.5, 0.6) is 0 Å². The van der Waals surface area contributed by atoms with Crippen LogP contribution in [0, 0.1) is 6.92 Å². The predicted molar refractivity (Wildman–Crippen MR) is 73.6 cm³/mol. The van der Waals surface area contributed by atoms with Gasteiger partial charge in [0.2, 0.25) is 0 Å². The van der Waals surface area contributed by atoms with Gasteiger partial charge >= 0.3 is 0 Å². The summed E-state index contributed by atoms with van der Waals surface area (Å²) >= 11 is 6.00. The number of halogens is 1. The number of nitrogens with one attached hydrogen (secondary N) is 1. The van der Waals surface area contributed by atoms with Crippen LogP contribution in [0.4, 0.5) is 0 Å². The number of H-pyrrole nitrogens is 1. The average Bonchev–Trinajstić information content (AvgIpc) is 2.86. The maximum absolute atomic E-state index is 12.1. The highest BCUT2D eigenvalue weighted by Crippen LogP contribution is 2.34. The average molecular weight is 275 g/mol. The molecule has 19 heavy (non-hydrogen) atoms. The van der Waals surface area contributed by atoms with Gasteiger partial charge in [-0.25, -0.2) is 0 Å². The highest BCUT2D eigenvalue weighted by molar-refractivity contribution is 6.55. The van der Waals surface area contributed by atoms with Crippen molar-refractivity contribution in [2.24, 2.45) is 0 Å². The second-order valence-electron chi connectivity index (χ2n) is 4.61. The minimum Gasteiger partial charge on any atom is -0.361 e. The molecule has 1 N–H and O–H groups in total. The first-order chi connectivity index (χ1) is 9.00. The second-order valence-corrected chi connectivity index (χ2v) is 4.99. The van der Waals surface area contributed by atoms with Gasteiger partial charge in [-0.05, 0) is 18.6 Å². The van der Waals surface area contributed by atoms with Gasteiger partial charge in [0.15, 0.2) is 0 Å². The van der Waals surface area contributed by atoms with E-state index in [1.54, 1.807) is 6.20 Å². The number of aryl methyl sites for hydroxylation is 1. The van der Waals surface area contributed by atoms with E-state index in [0.29, 0.717) is 5.56 Å². The van der Waals surface area contributed by atoms with Crippen molar-refractivity contribution in [3.05, 3.63) is 40.6 Å². The van der Waals surface area contributed by atoms with E-state index in [4.69, 9.17) is 11.6 Å². The van der Waals surface area contributed by atoms with Gasteiger partial charge < -0.3 is 4.98 Å². The molecule has 0 saturated carbocycles. The predicted octanol–water partition coefficient (Wildman–Crippen LogP) is 2.42. The summed E-state index contributed by atoms with van der Waals surface area (Å²) in [6.45, 7) is 1.99. The lowest BCUT2D eigenvalue weighted by atomic mass is 10.0. The largest absolute Gasteiger partial charge is 0.361 e. The van der Waals surface area contributed by atoms with Gasteiger partial charge in [0.1, 0.15) is 5.03 Å². The Bertz CT molecular complexity index is 758. The molecule has 0 radical (unpaired) electrons. The third-order valence-electron chi connectivity index (χ3n) is 3.34. The van der Waals surface area contributed by atoms with Crippen molar-refractivity contribution in [1.82, 2.24) is 9.88 Å². The Hall–Kier alpha value is -2.07. The zero-order valence-electron chi connectivity index (χ0n) is 10.5. The summed E-state index contributed by atoms with van der Waals surface area (Å²) in [5.41, 5.74) is 2.97. The van der Waals surface area contributed by atoms with Crippen molar-refractivity contribution in [3.8, 4) is 0 Å². The third kappa shape index (κ3) is 1.60. The number of aromatic amines is 1. The molecular weight excluding hydrogens is 264 g/mol. The number of hydrogen-bond donors (Lipinski definition) is 1. The molecule has 4 nitrogen and oxygen atoms in total. The number of likely N-dealkylation sites (N-methyl/N-ethyl adjacent to an activating group) is 1. The molecular formula is C14H11ClN2O2. The van der Waals surface area contributed by atoms with E-state index in [2.05, 4.69) is 4.98 Å². The van der Waals surface area contributed by atoms with Crippen molar-refractivity contribution < 1.29 is 9.59 Å². The van der Waals surface area contributed by atoms with Crippen LogP contribution in [0.15, 0.2) is 29.4 Å². The monoisotopic (exact) mass is 274 g/mol. The number of amides is 2. The molecule has 96 valence electrons. The lowest BCUT2D eigenvalue weighted by molar-refractivity contribution is -0.134. The summed E-state index contributed by atoms with van der Waals surface area (Å²) in [5, 5.41) is 0.865. The molecule has 2 aromatic rings. The molecule has 2 heterocycles. The van der Waals surface area contributed by atoms with E-state index in [9.17, 15) is 9.59 Å². The quantitative estimate of drug-likeness (QED) is 0.812. The van der Waals surface area contributed by atoms with Crippen LogP contribution in [-0.4, -0.2) is 28.7 Å². The van der Waals surface area contributed by atoms with Crippen molar-refractivity contribution in [1.29, 1.82) is 0 Å². The lowest BCUT2D eigenvalue weighted by Crippen LogP contribution is -2.26. The number of carbonyl (C=O) groups is 2. The van der Waals surface area contributed by atoms with Crippen LogP contribution in [0.1, 0.15) is 11.1 Å². The summed E-state index contributed by atoms with van der Waals surface area (Å²) in [6, 6.07) is 5.86. The van der Waals surface area contributed by atoms with Crippen molar-refractivity contribution in [3.63, 3.8) is 0 Å². The van der Waals surface area contributed by atoms with Crippen LogP contribution < -0.4 is 0 Å². The van der Waals surface area contributed by atoms with E-state index >= 15 is 0 Å². The van der Waals surface area contributed by atoms with Crippen LogP contribution in [0.3, 0.4) is 0 Å². The van der Waals surface area contributed by atoms with E-state index < -0.39 is 5.91 Å². The highest BCUT2D eigenvalue weighted by Gasteiger charge is 2.36. The Kier molecular flexibility index (Phi) is 2.50. The molecule has 1 aromatic carbocycles. The molecule has 2 amide bonds. The summed E-state index contributed by atoms with van der Waals surface area (Å²) in [6.07, 6.45) is 1.71. The second kappa shape index (κ2) is 3.96. The third-order valence-corrected chi connectivity index (χ3v) is 3.69. The number of nitrogens with zero attached hydrogens (tertiary/aromatic N) is 1. The Morgan fingerprint density at radius 3 is 2.58 bits per heavy atom. The maximum atomic E-state index is 12.1. The number of fused-ring (bicyclic) bond motifs is 1. The van der Waals surface area contributed by atoms with E-state index in [1.807, 2.05) is 25.1 Å². The molecule has 0 saturated heterocycles. The van der Waals surface area contributed by atoms with Gasteiger partial charge in [0.05, 0.1) is 5.57 Å². The Balaban J connectivity index is 2.26. The molecule has 0 spiro atoms. The molecule has 0 unspecified atom stereocenters. The molecule has 0 aliphatic carbocycles. The van der Waals surface area contributed by atoms with Crippen LogP contribution >= 0.6 is 11.6 Å². The van der Waals surface area contributed by atoms with Crippen molar-refractivity contribution in [2.75, 3.05) is 7.05 Å². The molecule has 0 atom stereocenters. The van der Waals surface area contributed by atoms with E-state index in [1.165, 1.54) is 7.05 Å². The summed E-state index contributed by atoms with van der Waals surface area (Å²) in [4.78, 5) is 27.9. The molecule has 1 aliphatic heterocycles. The molecule has 0 bridgehead atoms. The first kappa shape index (κ1) is 12.0. The van der Waals surface area contributed by atoms with Gasteiger partial charge in [-0.3, -0.25) is 14.5 Å². The van der Waals surface area contributed by atoms with Crippen molar-refractivity contribution in [2.45, 2.75) is 6.92 Å². The van der Waals surface area contributed by atoms with Gasteiger partial charge in [0.25, 0.3) is 11.8 Å². The number of carbonyl (C=O) groups excluding carboxylic acids is 2. The zero-order chi connectivity index (χ0) is 13.7. The normalized spacial score (nSPS) is 16.1. The molecule has 0 fully saturated rings. The minimum absolute atomic E-state index is 0.0195. The topological polar surface area (TPSA) is 53.2 Å². The van der Waals surface area contributed by atoms with Gasteiger partial charge in [0, 0.05) is 29.7 Å². The fourth-order valence-corrected chi connectivity index (χ4v) is 2.60. The molecule has 3 rings (SSSR count). The minimum atomic E-state index is -0.455. The summed E-state index contributed by atoms with van der Waals surface area (Å²) < 4.78 is 0. The number of aromatic nitrogens is 1. The first-order valence-electron chi connectivity index (χ1n) is 5.81. The number of benzene rings is 1. The Labute approximate surface area is 114 Å². The van der Waals surface area contributed by atoms with Crippen LogP contribution in [0.2, 0.25) is 0 Å². The van der Waals surface area contributed by atoms with Crippen molar-refractivity contribution >= 4 is 39.9 Å². The van der Waals surface area contributed by atoms with Crippen LogP contribution in [0.25, 0.3) is 16.5 Å². The number of rotatable bonds is 1. The molecule has 1 aromatic heterocycles. The Morgan fingerprint density at radius 1 is 1.21 bits per heavy atom. The van der Waals surface area contributed by atoms with Gasteiger partial charge in [-0.15, -0.1) is 0 Å². The SMILES string of the molecule is Cc1ccc2c(C3=C(Cl)C(=O)N(C)C3=O)c[nH]c2c1. The zero-order valence-corrected chi connectivity index (χ0v) is 11.2. The van der Waals surface area contributed by atoms with Gasteiger partial charge in [-0.2, -0.15) is 0 Å². The Morgan fingerprint density at radius 2 is 1.95 bits per heavy atom. The van der Waals surface area contributed by atoms with E-state index in [0.717, 1.165) is 21.4 Å². The molecule has 5 heteroatoms. The molecule has 1 aliphatic rings. The lowest BCUT2D eigenvalue weighted by Gasteiger charge is -2.05. The highest BCUT2D eigenvalue weighted by atomic mass is 35.5. The number of imide groups is 1. The van der Waals surface area contributed by atoms with E-state index in [-0.39, 0.29) is 16.5 Å². The fraction of sp³-hybridized carbons (Fsp3) is 0.143. The summed E-state index contributed by atoms with van der Waals surface area (Å²) in [5.74, 6) is -0.820. The summed E-state index contributed by atoms with van der Waals surface area (Å²) in [7, 11) is 1.43. The first-order valence-corrected chi connectivity index (χ1v) is 6.19. The van der Waals surface area contributed by atoms with Gasteiger partial charge in [-0.1, -0.05) is 23.7 Å². The smallest absolute Gasteiger partial charge is 0.272 e. The fourth-order valence-electron chi connectivity index (χ4n) is 2.29.